The molecule has 0 saturated carbocycles. The molecule has 0 aliphatic carbocycles. The van der Waals surface area contributed by atoms with Gasteiger partial charge in [-0.25, -0.2) is 0 Å². The van der Waals surface area contributed by atoms with Crippen molar-refractivity contribution in [2.24, 2.45) is 0 Å². The molecular weight excluding hydrogens is 258 g/mol. The number of ether oxygens (including phenoxy) is 1. The zero-order chi connectivity index (χ0) is 14.5. The standard InChI is InChI=1S/C15H17NO4/c1-2-3-8-20-12-4-5-13-11(9-12)6-7-16(15(13)19)10-14(17)18/h4-7,9H,2-3,8,10H2,1H3,(H,17,18). The van der Waals surface area contributed by atoms with Crippen LogP contribution in [0.5, 0.6) is 5.75 Å². The van der Waals surface area contributed by atoms with Crippen LogP contribution in [-0.4, -0.2) is 22.2 Å². The SMILES string of the molecule is CCCCOc1ccc2c(=O)n(CC(=O)O)ccc2c1. The van der Waals surface area contributed by atoms with E-state index in [1.165, 1.54) is 10.8 Å². The quantitative estimate of drug-likeness (QED) is 0.821. The number of carboxylic acid groups (broad SMARTS) is 1. The van der Waals surface area contributed by atoms with E-state index in [4.69, 9.17) is 9.84 Å². The lowest BCUT2D eigenvalue weighted by Gasteiger charge is -2.08. The lowest BCUT2D eigenvalue weighted by molar-refractivity contribution is -0.137. The molecule has 2 rings (SSSR count). The maximum absolute atomic E-state index is 12.1. The third-order valence-corrected chi connectivity index (χ3v) is 3.02. The zero-order valence-corrected chi connectivity index (χ0v) is 11.3. The van der Waals surface area contributed by atoms with Crippen molar-refractivity contribution in [2.45, 2.75) is 26.3 Å². The predicted octanol–water partition coefficient (Wildman–Crippen LogP) is 2.27. The highest BCUT2D eigenvalue weighted by Gasteiger charge is 2.06. The summed E-state index contributed by atoms with van der Waals surface area (Å²) in [7, 11) is 0. The summed E-state index contributed by atoms with van der Waals surface area (Å²) in [5.41, 5.74) is -0.301. The van der Waals surface area contributed by atoms with Crippen molar-refractivity contribution >= 4 is 16.7 Å². The van der Waals surface area contributed by atoms with Crippen molar-refractivity contribution in [3.05, 3.63) is 40.8 Å². The van der Waals surface area contributed by atoms with Gasteiger partial charge in [-0.3, -0.25) is 9.59 Å². The predicted molar refractivity (Wildman–Crippen MR) is 76.2 cm³/mol. The molecule has 0 aliphatic rings. The molecule has 1 aromatic carbocycles. The van der Waals surface area contributed by atoms with Gasteiger partial charge in [0, 0.05) is 11.6 Å². The number of rotatable bonds is 6. The molecule has 5 heteroatoms. The molecule has 1 heterocycles. The molecule has 106 valence electrons. The Labute approximate surface area is 116 Å². The first-order valence-corrected chi connectivity index (χ1v) is 6.59. The first kappa shape index (κ1) is 14.1. The Hall–Kier alpha value is -2.30. The zero-order valence-electron chi connectivity index (χ0n) is 11.3. The Morgan fingerprint density at radius 1 is 1.35 bits per heavy atom. The molecule has 0 atom stereocenters. The van der Waals surface area contributed by atoms with Gasteiger partial charge in [-0.1, -0.05) is 13.3 Å². The fourth-order valence-corrected chi connectivity index (χ4v) is 1.96. The molecule has 1 aromatic heterocycles. The van der Waals surface area contributed by atoms with E-state index >= 15 is 0 Å². The number of nitrogens with zero attached hydrogens (tertiary/aromatic N) is 1. The summed E-state index contributed by atoms with van der Waals surface area (Å²) < 4.78 is 6.77. The van der Waals surface area contributed by atoms with Crippen LogP contribution in [-0.2, 0) is 11.3 Å². The van der Waals surface area contributed by atoms with Crippen LogP contribution in [0.3, 0.4) is 0 Å². The molecule has 0 saturated heterocycles. The Balaban J connectivity index is 2.31. The van der Waals surface area contributed by atoms with Gasteiger partial charge in [0.25, 0.3) is 5.56 Å². The second-order valence-electron chi connectivity index (χ2n) is 4.59. The molecule has 20 heavy (non-hydrogen) atoms. The summed E-state index contributed by atoms with van der Waals surface area (Å²) in [5.74, 6) is -0.313. The minimum absolute atomic E-state index is 0.301. The molecule has 5 nitrogen and oxygen atoms in total. The average molecular weight is 275 g/mol. The molecule has 0 bridgehead atoms. The van der Waals surface area contributed by atoms with Crippen molar-refractivity contribution in [1.82, 2.24) is 4.57 Å². The Morgan fingerprint density at radius 3 is 2.85 bits per heavy atom. The molecular formula is C15H17NO4. The third-order valence-electron chi connectivity index (χ3n) is 3.02. The lowest BCUT2D eigenvalue weighted by Crippen LogP contribution is -2.23. The monoisotopic (exact) mass is 275 g/mol. The van der Waals surface area contributed by atoms with Crippen molar-refractivity contribution in [2.75, 3.05) is 6.61 Å². The fourth-order valence-electron chi connectivity index (χ4n) is 1.96. The second kappa shape index (κ2) is 6.23. The number of hydrogen-bond donors (Lipinski definition) is 1. The number of pyridine rings is 1. The first-order chi connectivity index (χ1) is 9.61. The van der Waals surface area contributed by atoms with E-state index in [0.29, 0.717) is 12.0 Å². The molecule has 1 N–H and O–H groups in total. The Bertz CT molecular complexity index is 675. The minimum Gasteiger partial charge on any atom is -0.494 e. The number of hydrogen-bond acceptors (Lipinski definition) is 3. The normalized spacial score (nSPS) is 10.7. The van der Waals surface area contributed by atoms with Gasteiger partial charge < -0.3 is 14.4 Å². The number of fused-ring (bicyclic) bond motifs is 1. The topological polar surface area (TPSA) is 68.5 Å². The highest BCUT2D eigenvalue weighted by atomic mass is 16.5. The van der Waals surface area contributed by atoms with Gasteiger partial charge in [0.2, 0.25) is 0 Å². The van der Waals surface area contributed by atoms with E-state index in [1.54, 1.807) is 24.3 Å². The number of aromatic nitrogens is 1. The van der Waals surface area contributed by atoms with E-state index in [9.17, 15) is 9.59 Å². The molecule has 0 unspecified atom stereocenters. The number of aliphatic carboxylic acids is 1. The van der Waals surface area contributed by atoms with Crippen LogP contribution >= 0.6 is 0 Å². The number of carboxylic acids is 1. The van der Waals surface area contributed by atoms with E-state index in [2.05, 4.69) is 6.92 Å². The Kier molecular flexibility index (Phi) is 4.40. The van der Waals surface area contributed by atoms with Crippen LogP contribution in [0.2, 0.25) is 0 Å². The Morgan fingerprint density at radius 2 is 2.15 bits per heavy atom. The summed E-state index contributed by atoms with van der Waals surface area (Å²) in [4.78, 5) is 22.8. The van der Waals surface area contributed by atoms with Gasteiger partial charge in [-0.15, -0.1) is 0 Å². The van der Waals surface area contributed by atoms with Gasteiger partial charge in [-0.05, 0) is 36.1 Å². The van der Waals surface area contributed by atoms with E-state index < -0.39 is 5.97 Å². The second-order valence-corrected chi connectivity index (χ2v) is 4.59. The molecule has 0 spiro atoms. The minimum atomic E-state index is -1.04. The van der Waals surface area contributed by atoms with Crippen molar-refractivity contribution in [3.63, 3.8) is 0 Å². The van der Waals surface area contributed by atoms with Crippen LogP contribution < -0.4 is 10.3 Å². The largest absolute Gasteiger partial charge is 0.494 e. The van der Waals surface area contributed by atoms with Crippen LogP contribution in [0.15, 0.2) is 35.3 Å². The summed E-state index contributed by atoms with van der Waals surface area (Å²) in [6.07, 6.45) is 3.54. The highest BCUT2D eigenvalue weighted by Crippen LogP contribution is 2.18. The summed E-state index contributed by atoms with van der Waals surface area (Å²) in [6, 6.07) is 6.95. The molecule has 0 amide bonds. The van der Waals surface area contributed by atoms with E-state index in [-0.39, 0.29) is 12.1 Å². The highest BCUT2D eigenvalue weighted by molar-refractivity contribution is 5.83. The number of unbranched alkanes of at least 4 members (excludes halogenated alkanes) is 1. The van der Waals surface area contributed by atoms with Gasteiger partial charge in [0.05, 0.1) is 6.61 Å². The first-order valence-electron chi connectivity index (χ1n) is 6.59. The summed E-state index contributed by atoms with van der Waals surface area (Å²) >= 11 is 0. The third kappa shape index (κ3) is 3.17. The van der Waals surface area contributed by atoms with E-state index in [1.807, 2.05) is 0 Å². The maximum atomic E-state index is 12.1. The van der Waals surface area contributed by atoms with Crippen molar-refractivity contribution in [1.29, 1.82) is 0 Å². The van der Waals surface area contributed by atoms with Crippen molar-refractivity contribution in [3.8, 4) is 5.75 Å². The average Bonchev–Trinajstić information content (AvgIpc) is 2.42. The van der Waals surface area contributed by atoms with E-state index in [0.717, 1.165) is 24.0 Å². The van der Waals surface area contributed by atoms with Crippen LogP contribution in [0.25, 0.3) is 10.8 Å². The lowest BCUT2D eigenvalue weighted by atomic mass is 10.1. The molecule has 0 radical (unpaired) electrons. The van der Waals surface area contributed by atoms with Gasteiger partial charge in [0.15, 0.2) is 0 Å². The van der Waals surface area contributed by atoms with Crippen LogP contribution in [0.4, 0.5) is 0 Å². The van der Waals surface area contributed by atoms with Crippen LogP contribution in [0.1, 0.15) is 19.8 Å². The maximum Gasteiger partial charge on any atom is 0.323 e. The van der Waals surface area contributed by atoms with Crippen molar-refractivity contribution < 1.29 is 14.6 Å². The van der Waals surface area contributed by atoms with Gasteiger partial charge in [-0.2, -0.15) is 0 Å². The van der Waals surface area contributed by atoms with Crippen LogP contribution in [0, 0.1) is 0 Å². The number of benzene rings is 1. The number of carbonyl (C=O) groups is 1. The molecule has 0 aliphatic heterocycles. The summed E-state index contributed by atoms with van der Waals surface area (Å²) in [5, 5.41) is 10.0. The van der Waals surface area contributed by atoms with Gasteiger partial charge >= 0.3 is 5.97 Å². The van der Waals surface area contributed by atoms with Gasteiger partial charge in [0.1, 0.15) is 12.3 Å². The summed E-state index contributed by atoms with van der Waals surface area (Å²) in [6.45, 7) is 2.41. The molecule has 2 aromatic rings. The molecule has 0 fully saturated rings. The smallest absolute Gasteiger partial charge is 0.323 e. The fraction of sp³-hybridized carbons (Fsp3) is 0.333.